The molecule has 1 aromatic rings. The third-order valence-corrected chi connectivity index (χ3v) is 5.92. The van der Waals surface area contributed by atoms with E-state index in [1.807, 2.05) is 45.4 Å². The van der Waals surface area contributed by atoms with Crippen molar-refractivity contribution in [1.29, 1.82) is 0 Å². The number of methoxy groups -OCH3 is 3. The second-order valence-electron chi connectivity index (χ2n) is 8.30. The average molecular weight is 464 g/mol. The molecule has 0 spiro atoms. The molecule has 1 amide bonds. The minimum atomic E-state index is -0.776. The highest BCUT2D eigenvalue weighted by molar-refractivity contribution is 6.03. The third kappa shape index (κ3) is 5.91. The third-order valence-electron chi connectivity index (χ3n) is 5.92. The fraction of sp³-hybridized carbons (Fsp3) is 0.296. The molecule has 7 nitrogen and oxygen atoms in total. The van der Waals surface area contributed by atoms with Gasteiger partial charge in [-0.3, -0.25) is 9.59 Å². The molecule has 10 radical (unpaired) electrons. The zero-order valence-electron chi connectivity index (χ0n) is 19.8. The molecule has 1 aromatic carbocycles. The summed E-state index contributed by atoms with van der Waals surface area (Å²) in [7, 11) is 4.12. The number of benzene rings is 1. The quantitative estimate of drug-likeness (QED) is 0.499. The summed E-state index contributed by atoms with van der Waals surface area (Å²) in [6, 6.07) is 3.07. The van der Waals surface area contributed by atoms with Gasteiger partial charge >= 0.3 is 5.97 Å². The van der Waals surface area contributed by atoms with Crippen LogP contribution in [0.2, 0.25) is 0 Å². The van der Waals surface area contributed by atoms with Gasteiger partial charge in [-0.25, -0.2) is 4.79 Å². The molecule has 34 heavy (non-hydrogen) atoms. The van der Waals surface area contributed by atoms with Gasteiger partial charge in [-0.2, -0.15) is 0 Å². The lowest BCUT2D eigenvalue weighted by Crippen LogP contribution is -2.34. The molecule has 1 N–H and O–H groups in total. The second-order valence-corrected chi connectivity index (χ2v) is 8.30. The molecule has 178 valence electrons. The van der Waals surface area contributed by atoms with Crippen molar-refractivity contribution in [3.05, 3.63) is 80.9 Å². The molecule has 2 aliphatic rings. The van der Waals surface area contributed by atoms with Crippen LogP contribution in [0.5, 0.6) is 11.5 Å². The number of amides is 1. The number of nitrogens with one attached hydrogen (secondary N) is 1. The highest BCUT2D eigenvalue weighted by atomic mass is 16.5. The first-order chi connectivity index (χ1) is 16.3. The molecule has 2 saturated carbocycles. The topological polar surface area (TPSA) is 90.9 Å². The standard InChI is InChI=1S/C27H29NO6/c1-27(17-18-9-5-6-10-18,25(30)19-11-7-8-12-19)16-15-22(29)28-23-21(32-2)14-13-20(24(23)33-3)26(31)34-4/h5-14H,15-17H2,1-4H3,(H,28,29). The van der Waals surface area contributed by atoms with Crippen molar-refractivity contribution in [3.8, 4) is 11.5 Å². The highest BCUT2D eigenvalue weighted by Crippen LogP contribution is 2.44. The van der Waals surface area contributed by atoms with E-state index in [9.17, 15) is 14.4 Å². The van der Waals surface area contributed by atoms with Crippen LogP contribution in [-0.2, 0) is 14.3 Å². The summed E-state index contributed by atoms with van der Waals surface area (Å²) in [5.41, 5.74) is -0.381. The van der Waals surface area contributed by atoms with E-state index in [0.29, 0.717) is 24.5 Å². The van der Waals surface area contributed by atoms with E-state index in [-0.39, 0.29) is 35.1 Å². The van der Waals surface area contributed by atoms with Crippen LogP contribution in [0.25, 0.3) is 0 Å². The monoisotopic (exact) mass is 463 g/mol. The summed E-state index contributed by atoms with van der Waals surface area (Å²) < 4.78 is 15.6. The number of rotatable bonds is 11. The molecule has 2 fully saturated rings. The molecule has 1 atom stereocenters. The van der Waals surface area contributed by atoms with E-state index < -0.39 is 11.4 Å². The summed E-state index contributed by atoms with van der Waals surface area (Å²) in [5.74, 6) is 1.22. The van der Waals surface area contributed by atoms with E-state index in [2.05, 4.69) is 5.32 Å². The Morgan fingerprint density at radius 3 is 2.15 bits per heavy atom. The van der Waals surface area contributed by atoms with Crippen molar-refractivity contribution in [1.82, 2.24) is 0 Å². The number of Topliss-reactive ketones (excluding diaryl/α,β-unsaturated/α-hetero) is 1. The number of carbonyl (C=O) groups excluding carboxylic acids is 3. The van der Waals surface area contributed by atoms with E-state index in [1.165, 1.54) is 27.4 Å². The van der Waals surface area contributed by atoms with Gasteiger partial charge in [0.1, 0.15) is 22.8 Å². The Balaban J connectivity index is 1.76. The fourth-order valence-corrected chi connectivity index (χ4v) is 4.07. The highest BCUT2D eigenvalue weighted by Gasteiger charge is 2.41. The fourth-order valence-electron chi connectivity index (χ4n) is 4.07. The summed E-state index contributed by atoms with van der Waals surface area (Å²) >= 11 is 0. The molecule has 0 saturated heterocycles. The van der Waals surface area contributed by atoms with E-state index >= 15 is 0 Å². The maximum Gasteiger partial charge on any atom is 0.341 e. The first kappa shape index (κ1) is 26.0. The van der Waals surface area contributed by atoms with Crippen molar-refractivity contribution in [3.63, 3.8) is 0 Å². The number of hydrogen-bond donors (Lipinski definition) is 1. The minimum Gasteiger partial charge on any atom is -0.494 e. The van der Waals surface area contributed by atoms with Crippen molar-refractivity contribution in [2.24, 2.45) is 5.41 Å². The zero-order valence-corrected chi connectivity index (χ0v) is 19.8. The number of anilines is 1. The Labute approximate surface area is 202 Å². The molecule has 1 unspecified atom stereocenters. The van der Waals surface area contributed by atoms with E-state index in [4.69, 9.17) is 14.2 Å². The molecule has 0 bridgehead atoms. The molecule has 0 aliphatic heterocycles. The van der Waals surface area contributed by atoms with Crippen molar-refractivity contribution < 1.29 is 28.6 Å². The summed E-state index contributed by atoms with van der Waals surface area (Å²) in [6.07, 6.45) is 16.0. The zero-order chi connectivity index (χ0) is 24.7. The van der Waals surface area contributed by atoms with Gasteiger partial charge in [0.15, 0.2) is 5.75 Å². The predicted molar refractivity (Wildman–Crippen MR) is 127 cm³/mol. The number of esters is 1. The van der Waals surface area contributed by atoms with E-state index in [1.54, 1.807) is 18.9 Å². The summed E-state index contributed by atoms with van der Waals surface area (Å²) in [5, 5.41) is 2.80. The van der Waals surface area contributed by atoms with Gasteiger partial charge in [-0.15, -0.1) is 0 Å². The first-order valence-corrected chi connectivity index (χ1v) is 10.9. The number of hydrogen-bond acceptors (Lipinski definition) is 6. The Kier molecular flexibility index (Phi) is 8.97. The van der Waals surface area contributed by atoms with Gasteiger partial charge in [-0.1, -0.05) is 6.92 Å². The average Bonchev–Trinajstić information content (AvgIpc) is 3.56. The Bertz CT molecular complexity index is 885. The number of ether oxygens (including phenoxy) is 3. The Morgan fingerprint density at radius 1 is 0.912 bits per heavy atom. The molecule has 2 aliphatic carbocycles. The summed E-state index contributed by atoms with van der Waals surface area (Å²) in [6.45, 7) is 1.89. The normalized spacial score (nSPS) is 18.4. The summed E-state index contributed by atoms with van der Waals surface area (Å²) in [4.78, 5) is 38.5. The lowest BCUT2D eigenvalue weighted by atomic mass is 9.70. The Hall–Kier alpha value is -2.57. The minimum absolute atomic E-state index is 0.00523. The van der Waals surface area contributed by atoms with Gasteiger partial charge < -0.3 is 19.5 Å². The van der Waals surface area contributed by atoms with Crippen LogP contribution in [0.4, 0.5) is 5.69 Å². The molecular weight excluding hydrogens is 434 g/mol. The lowest BCUT2D eigenvalue weighted by molar-refractivity contribution is -0.126. The van der Waals surface area contributed by atoms with Gasteiger partial charge in [0.05, 0.1) is 21.3 Å². The largest absolute Gasteiger partial charge is 0.494 e. The van der Waals surface area contributed by atoms with Crippen LogP contribution in [-0.4, -0.2) is 39.0 Å². The lowest BCUT2D eigenvalue weighted by Gasteiger charge is -2.32. The van der Waals surface area contributed by atoms with Crippen molar-refractivity contribution in [2.75, 3.05) is 26.6 Å². The molecule has 3 rings (SSSR count). The molecular formula is C27H29NO6. The maximum absolute atomic E-state index is 13.4. The SMILES string of the molecule is COC(=O)c1ccc(OC)c(NC(=O)CCC(C)(C[C]2[CH][CH][CH][CH]2)C(=O)[C]2[CH][CH][CH][CH]2)c1OC. The van der Waals surface area contributed by atoms with Crippen LogP contribution in [0.1, 0.15) is 36.5 Å². The van der Waals surface area contributed by atoms with Crippen LogP contribution in [0.3, 0.4) is 0 Å². The van der Waals surface area contributed by atoms with Gasteiger partial charge in [0.2, 0.25) is 5.91 Å². The van der Waals surface area contributed by atoms with Crippen LogP contribution in [0.15, 0.2) is 12.1 Å². The first-order valence-electron chi connectivity index (χ1n) is 10.9. The van der Waals surface area contributed by atoms with Gasteiger partial charge in [0.25, 0.3) is 0 Å². The second kappa shape index (κ2) is 11.7. The van der Waals surface area contributed by atoms with Gasteiger partial charge in [0, 0.05) is 17.8 Å². The van der Waals surface area contributed by atoms with Crippen molar-refractivity contribution >= 4 is 23.3 Å². The predicted octanol–water partition coefficient (Wildman–Crippen LogP) is 3.99. The Morgan fingerprint density at radius 2 is 1.56 bits per heavy atom. The van der Waals surface area contributed by atoms with Crippen molar-refractivity contribution in [2.45, 2.75) is 26.2 Å². The van der Waals surface area contributed by atoms with Gasteiger partial charge in [-0.05, 0) is 82.3 Å². The molecule has 0 aromatic heterocycles. The smallest absolute Gasteiger partial charge is 0.341 e. The maximum atomic E-state index is 13.4. The molecule has 0 heterocycles. The molecule has 7 heteroatoms. The number of carbonyl (C=O) groups is 3. The van der Waals surface area contributed by atoms with E-state index in [0.717, 1.165) is 5.92 Å². The van der Waals surface area contributed by atoms with Crippen LogP contribution >= 0.6 is 0 Å². The number of ketones is 1. The van der Waals surface area contributed by atoms with Crippen LogP contribution < -0.4 is 14.8 Å². The van der Waals surface area contributed by atoms with Crippen LogP contribution in [0, 0.1) is 68.6 Å².